The molecule has 2 heterocycles. The molecule has 2 fully saturated rings. The molecule has 0 N–H and O–H groups in total. The Morgan fingerprint density at radius 1 is 1.03 bits per heavy atom. The van der Waals surface area contributed by atoms with Crippen LogP contribution in [-0.4, -0.2) is 71.1 Å². The highest BCUT2D eigenvalue weighted by Gasteiger charge is 2.38. The number of nitrogens with zero attached hydrogens (tertiary/aromatic N) is 3. The Morgan fingerprint density at radius 3 is 2.52 bits per heavy atom. The number of hydrogen-bond donors (Lipinski definition) is 0. The van der Waals surface area contributed by atoms with E-state index < -0.39 is 5.60 Å². The van der Waals surface area contributed by atoms with Crippen molar-refractivity contribution < 1.29 is 14.3 Å². The van der Waals surface area contributed by atoms with Crippen molar-refractivity contribution in [1.82, 2.24) is 14.7 Å². The predicted molar refractivity (Wildman–Crippen MR) is 114 cm³/mol. The molecule has 1 aromatic carbocycles. The normalized spacial score (nSPS) is 21.2. The third kappa shape index (κ3) is 5.72. The van der Waals surface area contributed by atoms with Crippen LogP contribution < -0.4 is 0 Å². The predicted octanol–water partition coefficient (Wildman–Crippen LogP) is 3.43. The lowest BCUT2D eigenvalue weighted by Gasteiger charge is -2.31. The lowest BCUT2D eigenvalue weighted by atomic mass is 10.1. The molecule has 2 saturated heterocycles. The number of ether oxygens (including phenoxy) is 1. The molecule has 0 spiro atoms. The average Bonchev–Trinajstić information content (AvgIpc) is 3.02. The Kier molecular flexibility index (Phi) is 6.83. The van der Waals surface area contributed by atoms with Gasteiger partial charge in [0.15, 0.2) is 0 Å². The molecular formula is C23H35N3O3. The van der Waals surface area contributed by atoms with Crippen LogP contribution in [0.5, 0.6) is 0 Å². The van der Waals surface area contributed by atoms with Crippen LogP contribution in [0.3, 0.4) is 0 Å². The van der Waals surface area contributed by atoms with E-state index in [0.717, 1.165) is 45.4 Å². The van der Waals surface area contributed by atoms with E-state index >= 15 is 0 Å². The maximum Gasteiger partial charge on any atom is 0.410 e. The fraction of sp³-hybridized carbons (Fsp3) is 0.652. The van der Waals surface area contributed by atoms with Crippen molar-refractivity contribution in [2.45, 2.75) is 65.1 Å². The number of likely N-dealkylation sites (tertiary alicyclic amines) is 1. The monoisotopic (exact) mass is 401 g/mol. The smallest absolute Gasteiger partial charge is 0.410 e. The first kappa shape index (κ1) is 21.6. The minimum Gasteiger partial charge on any atom is -0.444 e. The largest absolute Gasteiger partial charge is 0.444 e. The maximum absolute atomic E-state index is 13.2. The molecule has 3 rings (SSSR count). The number of carbonyl (C=O) groups excluding carboxylic acids is 2. The van der Waals surface area contributed by atoms with Gasteiger partial charge in [0.05, 0.1) is 0 Å². The van der Waals surface area contributed by atoms with Crippen molar-refractivity contribution in [2.75, 3.05) is 32.7 Å². The number of hydrogen-bond acceptors (Lipinski definition) is 4. The van der Waals surface area contributed by atoms with E-state index in [-0.39, 0.29) is 18.0 Å². The Hall–Kier alpha value is -2.08. The van der Waals surface area contributed by atoms with Gasteiger partial charge in [0.2, 0.25) is 5.91 Å². The van der Waals surface area contributed by atoms with Gasteiger partial charge in [-0.05, 0) is 58.1 Å². The summed E-state index contributed by atoms with van der Waals surface area (Å²) in [6.07, 6.45) is 2.16. The Morgan fingerprint density at radius 2 is 1.79 bits per heavy atom. The van der Waals surface area contributed by atoms with Crippen molar-refractivity contribution in [3.63, 3.8) is 0 Å². The minimum atomic E-state index is -0.550. The van der Waals surface area contributed by atoms with E-state index in [1.165, 1.54) is 11.1 Å². The summed E-state index contributed by atoms with van der Waals surface area (Å²) < 4.78 is 5.52. The highest BCUT2D eigenvalue weighted by molar-refractivity contribution is 5.86. The molecule has 0 radical (unpaired) electrons. The molecule has 6 heteroatoms. The summed E-state index contributed by atoms with van der Waals surface area (Å²) in [5, 5.41) is 0. The molecule has 1 aromatic rings. The zero-order valence-corrected chi connectivity index (χ0v) is 18.3. The van der Waals surface area contributed by atoms with Crippen molar-refractivity contribution >= 4 is 12.0 Å². The Labute approximate surface area is 174 Å². The third-order valence-electron chi connectivity index (χ3n) is 5.72. The SMILES string of the molecule is Cc1ccccc1CN1CCCN(C(=O)C2CCCN2C(=O)OC(C)(C)C)CC1. The van der Waals surface area contributed by atoms with E-state index in [9.17, 15) is 9.59 Å². The summed E-state index contributed by atoms with van der Waals surface area (Å²) in [6, 6.07) is 8.10. The maximum atomic E-state index is 13.2. The number of rotatable bonds is 3. The van der Waals surface area contributed by atoms with Gasteiger partial charge < -0.3 is 9.64 Å². The van der Waals surface area contributed by atoms with Crippen molar-refractivity contribution in [2.24, 2.45) is 0 Å². The van der Waals surface area contributed by atoms with E-state index in [0.29, 0.717) is 13.1 Å². The molecule has 160 valence electrons. The van der Waals surface area contributed by atoms with Gasteiger partial charge >= 0.3 is 6.09 Å². The number of amides is 2. The fourth-order valence-corrected chi connectivity index (χ4v) is 4.15. The topological polar surface area (TPSA) is 53.1 Å². The van der Waals surface area contributed by atoms with Gasteiger partial charge in [0, 0.05) is 39.3 Å². The van der Waals surface area contributed by atoms with Crippen molar-refractivity contribution in [1.29, 1.82) is 0 Å². The summed E-state index contributed by atoms with van der Waals surface area (Å²) in [5.41, 5.74) is 2.11. The zero-order valence-electron chi connectivity index (χ0n) is 18.3. The van der Waals surface area contributed by atoms with Crippen molar-refractivity contribution in [3.05, 3.63) is 35.4 Å². The molecule has 0 saturated carbocycles. The standard InChI is InChI=1S/C23H35N3O3/c1-18-9-5-6-10-19(18)17-24-12-8-13-25(16-15-24)21(27)20-11-7-14-26(20)22(28)29-23(2,3)4/h5-6,9-10,20H,7-8,11-17H2,1-4H3. The molecule has 0 aromatic heterocycles. The van der Waals surface area contributed by atoms with Gasteiger partial charge in [-0.15, -0.1) is 0 Å². The number of aryl methyl sites for hydroxylation is 1. The Balaban J connectivity index is 1.58. The van der Waals surface area contributed by atoms with E-state index in [4.69, 9.17) is 4.74 Å². The molecule has 6 nitrogen and oxygen atoms in total. The first-order chi connectivity index (χ1) is 13.7. The van der Waals surface area contributed by atoms with Crippen LogP contribution in [0.2, 0.25) is 0 Å². The Bertz CT molecular complexity index is 728. The van der Waals surface area contributed by atoms with E-state index in [1.807, 2.05) is 25.7 Å². The molecule has 2 amide bonds. The van der Waals surface area contributed by atoms with Gasteiger partial charge in [0.1, 0.15) is 11.6 Å². The van der Waals surface area contributed by atoms with Gasteiger partial charge in [-0.3, -0.25) is 14.6 Å². The third-order valence-corrected chi connectivity index (χ3v) is 5.72. The van der Waals surface area contributed by atoms with Crippen molar-refractivity contribution in [3.8, 4) is 0 Å². The van der Waals surface area contributed by atoms with Crippen LogP contribution in [0.15, 0.2) is 24.3 Å². The van der Waals surface area contributed by atoms with E-state index in [1.54, 1.807) is 4.90 Å². The van der Waals surface area contributed by atoms with E-state index in [2.05, 4.69) is 36.1 Å². The summed E-state index contributed by atoms with van der Waals surface area (Å²) >= 11 is 0. The summed E-state index contributed by atoms with van der Waals surface area (Å²) in [4.78, 5) is 31.8. The lowest BCUT2D eigenvalue weighted by molar-refractivity contribution is -0.135. The van der Waals surface area contributed by atoms with Gasteiger partial charge in [-0.25, -0.2) is 4.79 Å². The lowest BCUT2D eigenvalue weighted by Crippen LogP contribution is -2.49. The quantitative estimate of drug-likeness (QED) is 0.779. The van der Waals surface area contributed by atoms with Crippen LogP contribution in [-0.2, 0) is 16.1 Å². The molecule has 2 aliphatic rings. The molecule has 0 bridgehead atoms. The van der Waals surface area contributed by atoms with Crippen LogP contribution >= 0.6 is 0 Å². The second-order valence-electron chi connectivity index (χ2n) is 9.21. The fourth-order valence-electron chi connectivity index (χ4n) is 4.15. The second-order valence-corrected chi connectivity index (χ2v) is 9.21. The zero-order chi connectivity index (χ0) is 21.0. The van der Waals surface area contributed by atoms with Crippen LogP contribution in [0, 0.1) is 6.92 Å². The molecular weight excluding hydrogens is 366 g/mol. The summed E-state index contributed by atoms with van der Waals surface area (Å²) in [6.45, 7) is 12.5. The molecule has 2 aliphatic heterocycles. The molecule has 29 heavy (non-hydrogen) atoms. The summed E-state index contributed by atoms with van der Waals surface area (Å²) in [5.74, 6) is 0.0751. The minimum absolute atomic E-state index is 0.0751. The van der Waals surface area contributed by atoms with Gasteiger partial charge in [0.25, 0.3) is 0 Å². The first-order valence-electron chi connectivity index (χ1n) is 10.8. The second kappa shape index (κ2) is 9.16. The van der Waals surface area contributed by atoms with Gasteiger partial charge in [-0.1, -0.05) is 24.3 Å². The van der Waals surface area contributed by atoms with Crippen LogP contribution in [0.1, 0.15) is 51.2 Å². The highest BCUT2D eigenvalue weighted by atomic mass is 16.6. The average molecular weight is 402 g/mol. The van der Waals surface area contributed by atoms with Crippen LogP contribution in [0.25, 0.3) is 0 Å². The van der Waals surface area contributed by atoms with Gasteiger partial charge in [-0.2, -0.15) is 0 Å². The first-order valence-corrected chi connectivity index (χ1v) is 10.8. The molecule has 1 unspecified atom stereocenters. The number of benzene rings is 1. The number of carbonyl (C=O) groups is 2. The molecule has 0 aliphatic carbocycles. The molecule has 1 atom stereocenters. The highest BCUT2D eigenvalue weighted by Crippen LogP contribution is 2.23. The van der Waals surface area contributed by atoms with Crippen LogP contribution in [0.4, 0.5) is 4.79 Å². The summed E-state index contributed by atoms with van der Waals surface area (Å²) in [7, 11) is 0.